The number of nitrogens with one attached hydrogen (secondary N) is 1. The van der Waals surface area contributed by atoms with E-state index in [1.807, 2.05) is 26.0 Å². The Morgan fingerprint density at radius 2 is 2.18 bits per heavy atom. The number of rotatable bonds is 6. The fourth-order valence-corrected chi connectivity index (χ4v) is 3.33. The highest BCUT2D eigenvalue weighted by atomic mass is 16.5. The third-order valence-corrected chi connectivity index (χ3v) is 4.77. The van der Waals surface area contributed by atoms with Crippen molar-refractivity contribution in [2.45, 2.75) is 32.8 Å². The first-order valence-electron chi connectivity index (χ1n) is 9.35. The van der Waals surface area contributed by atoms with Gasteiger partial charge in [-0.05, 0) is 37.6 Å². The zero-order valence-electron chi connectivity index (χ0n) is 16.6. The molecule has 2 aromatic heterocycles. The minimum Gasteiger partial charge on any atom is -0.489 e. The number of piperidine rings is 1. The first-order valence-corrected chi connectivity index (χ1v) is 9.35. The Bertz CT molecular complexity index is 969. The number of H-pyrrole nitrogens is 1. The quantitative estimate of drug-likeness (QED) is 0.612. The van der Waals surface area contributed by atoms with Crippen LogP contribution in [0.3, 0.4) is 0 Å². The van der Waals surface area contributed by atoms with Crippen molar-refractivity contribution in [3.63, 3.8) is 0 Å². The van der Waals surface area contributed by atoms with Gasteiger partial charge >= 0.3 is 0 Å². The second-order valence-electron chi connectivity index (χ2n) is 6.73. The van der Waals surface area contributed by atoms with E-state index < -0.39 is 0 Å². The van der Waals surface area contributed by atoms with Gasteiger partial charge in [-0.3, -0.25) is 4.79 Å². The summed E-state index contributed by atoms with van der Waals surface area (Å²) in [5.41, 5.74) is 1.60. The van der Waals surface area contributed by atoms with Gasteiger partial charge in [0.25, 0.3) is 5.56 Å². The monoisotopic (exact) mass is 382 g/mol. The minimum absolute atomic E-state index is 0.0930. The van der Waals surface area contributed by atoms with Crippen LogP contribution in [0.4, 0.5) is 5.82 Å². The first-order chi connectivity index (χ1) is 13.5. The largest absolute Gasteiger partial charge is 0.489 e. The van der Waals surface area contributed by atoms with Gasteiger partial charge in [0.05, 0.1) is 24.2 Å². The van der Waals surface area contributed by atoms with E-state index in [1.54, 1.807) is 25.6 Å². The fraction of sp³-hybridized carbons (Fsp3) is 0.381. The van der Waals surface area contributed by atoms with E-state index in [1.165, 1.54) is 0 Å². The highest BCUT2D eigenvalue weighted by Crippen LogP contribution is 2.25. The molecule has 2 aromatic rings. The van der Waals surface area contributed by atoms with Crippen LogP contribution in [0.15, 0.2) is 52.4 Å². The maximum Gasteiger partial charge on any atom is 0.257 e. The number of ether oxygens (including phenoxy) is 2. The van der Waals surface area contributed by atoms with Gasteiger partial charge in [0.2, 0.25) is 5.88 Å². The Kier molecular flexibility index (Phi) is 6.13. The molecule has 28 heavy (non-hydrogen) atoms. The predicted molar refractivity (Wildman–Crippen MR) is 112 cm³/mol. The molecule has 1 aliphatic heterocycles. The molecule has 0 atom stereocenters. The van der Waals surface area contributed by atoms with Gasteiger partial charge in [0, 0.05) is 32.1 Å². The van der Waals surface area contributed by atoms with E-state index in [-0.39, 0.29) is 11.7 Å². The van der Waals surface area contributed by atoms with Gasteiger partial charge in [-0.2, -0.15) is 0 Å². The number of fused-ring (bicyclic) bond motifs is 1. The number of anilines is 1. The highest BCUT2D eigenvalue weighted by molar-refractivity contribution is 5.80. The molecule has 1 N–H and O–H groups in total. The topological polar surface area (TPSA) is 79.8 Å². The summed E-state index contributed by atoms with van der Waals surface area (Å²) < 4.78 is 11.0. The average Bonchev–Trinajstić information content (AvgIpc) is 2.70. The lowest BCUT2D eigenvalue weighted by Crippen LogP contribution is -2.38. The van der Waals surface area contributed by atoms with Crippen molar-refractivity contribution in [1.82, 2.24) is 9.97 Å². The summed E-state index contributed by atoms with van der Waals surface area (Å²) in [7, 11) is 1.57. The second kappa shape index (κ2) is 8.73. The summed E-state index contributed by atoms with van der Waals surface area (Å²) in [6.07, 6.45) is 6.81. The molecular formula is C21H26N4O3. The summed E-state index contributed by atoms with van der Waals surface area (Å²) in [6.45, 7) is 9.41. The lowest BCUT2D eigenvalue weighted by Gasteiger charge is -2.33. The summed E-state index contributed by atoms with van der Waals surface area (Å²) in [6, 6.07) is 3.74. The van der Waals surface area contributed by atoms with E-state index in [9.17, 15) is 4.79 Å². The van der Waals surface area contributed by atoms with E-state index in [2.05, 4.69) is 21.5 Å². The summed E-state index contributed by atoms with van der Waals surface area (Å²) in [5, 5.41) is 0.620. The van der Waals surface area contributed by atoms with Crippen molar-refractivity contribution in [2.75, 3.05) is 25.1 Å². The van der Waals surface area contributed by atoms with E-state index in [0.29, 0.717) is 22.5 Å². The first kappa shape index (κ1) is 19.7. The molecule has 3 heterocycles. The Balaban J connectivity index is 1.63. The van der Waals surface area contributed by atoms with E-state index in [0.717, 1.165) is 37.3 Å². The van der Waals surface area contributed by atoms with Crippen LogP contribution >= 0.6 is 0 Å². The molecule has 1 fully saturated rings. The summed E-state index contributed by atoms with van der Waals surface area (Å²) >= 11 is 0. The number of aliphatic imine (C=N–C) groups is 1. The maximum atomic E-state index is 11.9. The summed E-state index contributed by atoms with van der Waals surface area (Å²) in [4.78, 5) is 25.8. The smallest absolute Gasteiger partial charge is 0.257 e. The molecule has 0 bridgehead atoms. The molecule has 0 spiro atoms. The van der Waals surface area contributed by atoms with E-state index in [4.69, 9.17) is 14.5 Å². The lowest BCUT2D eigenvalue weighted by atomic mass is 10.1. The Morgan fingerprint density at radius 3 is 2.86 bits per heavy atom. The number of pyridine rings is 2. The number of nitrogens with zero attached hydrogens (tertiary/aromatic N) is 3. The van der Waals surface area contributed by atoms with Crippen LogP contribution in [-0.2, 0) is 9.47 Å². The lowest BCUT2D eigenvalue weighted by molar-refractivity contribution is 0.108. The van der Waals surface area contributed by atoms with Gasteiger partial charge in [-0.1, -0.05) is 6.58 Å². The number of methoxy groups -OCH3 is 1. The maximum absolute atomic E-state index is 11.9. The molecule has 1 aliphatic rings. The molecule has 0 radical (unpaired) electrons. The van der Waals surface area contributed by atoms with Crippen molar-refractivity contribution < 1.29 is 9.47 Å². The van der Waals surface area contributed by atoms with Gasteiger partial charge < -0.3 is 19.4 Å². The number of aromatic nitrogens is 2. The van der Waals surface area contributed by atoms with Crippen LogP contribution in [0.2, 0.25) is 0 Å². The number of aromatic amines is 1. The Morgan fingerprint density at radius 1 is 1.43 bits per heavy atom. The van der Waals surface area contributed by atoms with Crippen LogP contribution in [0.25, 0.3) is 10.9 Å². The van der Waals surface area contributed by atoms with Crippen molar-refractivity contribution in [3.05, 3.63) is 58.5 Å². The third kappa shape index (κ3) is 4.42. The van der Waals surface area contributed by atoms with Crippen LogP contribution in [0, 0.1) is 6.92 Å². The number of allylic oxidation sites excluding steroid dienone is 2. The molecular weight excluding hydrogens is 356 g/mol. The molecule has 0 unspecified atom stereocenters. The second-order valence-corrected chi connectivity index (χ2v) is 6.73. The molecule has 148 valence electrons. The number of hydrogen-bond donors (Lipinski definition) is 1. The highest BCUT2D eigenvalue weighted by Gasteiger charge is 2.23. The molecule has 1 saturated heterocycles. The van der Waals surface area contributed by atoms with Gasteiger partial charge in [0.1, 0.15) is 17.7 Å². The van der Waals surface area contributed by atoms with Crippen LogP contribution < -0.4 is 10.5 Å². The molecule has 0 aromatic carbocycles. The Labute approximate surface area is 164 Å². The van der Waals surface area contributed by atoms with E-state index >= 15 is 0 Å². The minimum atomic E-state index is -0.110. The van der Waals surface area contributed by atoms with Gasteiger partial charge in [0.15, 0.2) is 0 Å². The molecule has 0 saturated carbocycles. The third-order valence-electron chi connectivity index (χ3n) is 4.77. The normalized spacial score (nSPS) is 16.0. The van der Waals surface area contributed by atoms with Crippen LogP contribution in [0.5, 0.6) is 0 Å². The van der Waals surface area contributed by atoms with Gasteiger partial charge in [-0.15, -0.1) is 0 Å². The van der Waals surface area contributed by atoms with Crippen molar-refractivity contribution in [3.8, 4) is 0 Å². The average molecular weight is 382 g/mol. The molecule has 7 heteroatoms. The van der Waals surface area contributed by atoms with Crippen molar-refractivity contribution >= 4 is 22.9 Å². The zero-order chi connectivity index (χ0) is 20.1. The zero-order valence-corrected chi connectivity index (χ0v) is 16.6. The molecule has 0 aliphatic carbocycles. The number of hydrogen-bond acceptors (Lipinski definition) is 6. The number of aryl methyl sites for hydroxylation is 1. The van der Waals surface area contributed by atoms with Crippen LogP contribution in [-0.4, -0.2) is 42.5 Å². The fourth-order valence-electron chi connectivity index (χ4n) is 3.33. The van der Waals surface area contributed by atoms with Crippen molar-refractivity contribution in [2.24, 2.45) is 4.99 Å². The molecule has 3 rings (SSSR count). The van der Waals surface area contributed by atoms with Crippen molar-refractivity contribution in [1.29, 1.82) is 0 Å². The SMILES string of the molecule is C=C(C=N/C(=C\C)OC)OC1CCN(c2nc3cc[nH]c(=O)c3cc2C)CC1. The van der Waals surface area contributed by atoms with Crippen LogP contribution in [0.1, 0.15) is 25.3 Å². The summed E-state index contributed by atoms with van der Waals surface area (Å²) in [5.74, 6) is 1.97. The standard InChI is InChI=1S/C21H26N4O3/c1-5-19(27-4)23-13-15(3)28-16-7-10-25(11-8-16)20-14(2)12-17-18(24-20)6-9-22-21(17)26/h5-6,9,12-13,16H,3,7-8,10-11H2,1-2,4H3,(H,22,26)/b19-5+,23-13?. The molecule has 0 amide bonds. The Hall–Kier alpha value is -3.09. The predicted octanol–water partition coefficient (Wildman–Crippen LogP) is 3.31. The van der Waals surface area contributed by atoms with Gasteiger partial charge in [-0.25, -0.2) is 9.98 Å². The molecule has 7 nitrogen and oxygen atoms in total.